The lowest BCUT2D eigenvalue weighted by Gasteiger charge is -2.18. The van der Waals surface area contributed by atoms with Crippen molar-refractivity contribution in [3.8, 4) is 5.75 Å². The quantitative estimate of drug-likeness (QED) is 0.0538. The number of unbranched alkanes of at least 4 members (excludes halogenated alkanes) is 7. The molecule has 11 nitrogen and oxygen atoms in total. The van der Waals surface area contributed by atoms with E-state index in [1.807, 2.05) is 0 Å². The standard InChI is InChI=1S/C27H30O11S3/c1-2-3-4-5-6-7-8-9-10-25(28)38-21-15-22(39(29,30)31)18-13-14-20-24(41(35,36)37)16-23(40(32,33)34)19-12-11-17(21)26(18)27(19)20/h11-16H,2-10H2,1H3,(H,29,30,31)(H,32,33,34)(H,35,36,37). The lowest BCUT2D eigenvalue weighted by Crippen LogP contribution is -2.10. The van der Waals surface area contributed by atoms with Crippen molar-refractivity contribution in [1.29, 1.82) is 0 Å². The summed E-state index contributed by atoms with van der Waals surface area (Å²) < 4.78 is 109. The fourth-order valence-corrected chi connectivity index (χ4v) is 7.38. The van der Waals surface area contributed by atoms with Crippen molar-refractivity contribution in [1.82, 2.24) is 0 Å². The summed E-state index contributed by atoms with van der Waals surface area (Å²) in [5.41, 5.74) is 0. The number of hydrogen-bond acceptors (Lipinski definition) is 8. The van der Waals surface area contributed by atoms with Crippen molar-refractivity contribution in [3.63, 3.8) is 0 Å². The van der Waals surface area contributed by atoms with Crippen LogP contribution in [-0.2, 0) is 35.1 Å². The number of esters is 1. The summed E-state index contributed by atoms with van der Waals surface area (Å²) in [6.45, 7) is 2.14. The minimum atomic E-state index is -5.03. The average Bonchev–Trinajstić information content (AvgIpc) is 2.87. The molecule has 0 unspecified atom stereocenters. The molecule has 41 heavy (non-hydrogen) atoms. The molecule has 0 aromatic heterocycles. The predicted molar refractivity (Wildman–Crippen MR) is 152 cm³/mol. The molecule has 0 radical (unpaired) electrons. The third kappa shape index (κ3) is 6.63. The van der Waals surface area contributed by atoms with E-state index in [0.29, 0.717) is 12.5 Å². The van der Waals surface area contributed by atoms with Crippen molar-refractivity contribution >= 4 is 68.6 Å². The topological polar surface area (TPSA) is 189 Å². The number of benzene rings is 4. The number of hydrogen-bond donors (Lipinski definition) is 3. The Balaban J connectivity index is 1.84. The zero-order valence-electron chi connectivity index (χ0n) is 22.2. The van der Waals surface area contributed by atoms with E-state index in [0.717, 1.165) is 44.2 Å². The van der Waals surface area contributed by atoms with Crippen LogP contribution in [0.25, 0.3) is 32.3 Å². The third-order valence-electron chi connectivity index (χ3n) is 7.04. The Bertz CT molecular complexity index is 1890. The van der Waals surface area contributed by atoms with E-state index < -0.39 is 51.0 Å². The molecule has 222 valence electrons. The molecule has 4 rings (SSSR count). The Morgan fingerprint density at radius 3 is 1.46 bits per heavy atom. The fraction of sp³-hybridized carbons (Fsp3) is 0.370. The van der Waals surface area contributed by atoms with Crippen molar-refractivity contribution in [2.75, 3.05) is 0 Å². The van der Waals surface area contributed by atoms with Crippen molar-refractivity contribution < 1.29 is 48.4 Å². The van der Waals surface area contributed by atoms with E-state index in [9.17, 15) is 43.7 Å². The van der Waals surface area contributed by atoms with Gasteiger partial charge < -0.3 is 4.74 Å². The Morgan fingerprint density at radius 2 is 1.00 bits per heavy atom. The maximum atomic E-state index is 12.7. The first-order chi connectivity index (χ1) is 19.1. The van der Waals surface area contributed by atoms with Crippen LogP contribution in [0.1, 0.15) is 64.7 Å². The Kier molecular flexibility index (Phi) is 8.92. The largest absolute Gasteiger partial charge is 0.426 e. The van der Waals surface area contributed by atoms with Gasteiger partial charge in [0.15, 0.2) is 0 Å². The summed E-state index contributed by atoms with van der Waals surface area (Å²) in [5, 5.41) is -0.580. The number of rotatable bonds is 13. The van der Waals surface area contributed by atoms with Gasteiger partial charge in [-0.1, -0.05) is 70.1 Å². The van der Waals surface area contributed by atoms with Gasteiger partial charge in [-0.3, -0.25) is 18.5 Å². The third-order valence-corrected chi connectivity index (χ3v) is 9.72. The Morgan fingerprint density at radius 1 is 0.610 bits per heavy atom. The molecule has 0 bridgehead atoms. The van der Waals surface area contributed by atoms with E-state index in [1.165, 1.54) is 31.0 Å². The highest BCUT2D eigenvalue weighted by atomic mass is 32.2. The predicted octanol–water partition coefficient (Wildman–Crippen LogP) is 5.76. The smallest absolute Gasteiger partial charge is 0.311 e. The second-order valence-electron chi connectivity index (χ2n) is 9.94. The van der Waals surface area contributed by atoms with Gasteiger partial charge in [0.25, 0.3) is 30.4 Å². The van der Waals surface area contributed by atoms with Crippen molar-refractivity contribution in [2.24, 2.45) is 0 Å². The van der Waals surface area contributed by atoms with Gasteiger partial charge >= 0.3 is 5.97 Å². The molecule has 4 aromatic carbocycles. The Labute approximate surface area is 238 Å². The van der Waals surface area contributed by atoms with Crippen LogP contribution in [0.5, 0.6) is 5.75 Å². The minimum absolute atomic E-state index is 0.0396. The SMILES string of the molecule is CCCCCCCCCCC(=O)Oc1cc(S(=O)(=O)O)c2ccc3c(S(=O)(=O)O)cc(S(=O)(=O)O)c4ccc1c2c43. The molecular weight excluding hydrogens is 596 g/mol. The minimum Gasteiger partial charge on any atom is -0.426 e. The molecule has 3 N–H and O–H groups in total. The van der Waals surface area contributed by atoms with Crippen LogP contribution in [-0.4, -0.2) is 44.9 Å². The molecule has 0 spiro atoms. The lowest BCUT2D eigenvalue weighted by atomic mass is 9.93. The van der Waals surface area contributed by atoms with E-state index in [1.54, 1.807) is 0 Å². The van der Waals surface area contributed by atoms with Gasteiger partial charge in [-0.25, -0.2) is 0 Å². The monoisotopic (exact) mass is 626 g/mol. The van der Waals surface area contributed by atoms with Crippen molar-refractivity contribution in [3.05, 3.63) is 36.4 Å². The van der Waals surface area contributed by atoms with Gasteiger partial charge in [-0.15, -0.1) is 0 Å². The first kappa shape index (κ1) is 31.1. The van der Waals surface area contributed by atoms with Gasteiger partial charge in [-0.05, 0) is 18.6 Å². The Hall–Kier alpha value is -2.88. The molecule has 0 heterocycles. The van der Waals surface area contributed by atoms with Crippen LogP contribution in [0.15, 0.2) is 51.1 Å². The normalized spacial score (nSPS) is 13.0. The summed E-state index contributed by atoms with van der Waals surface area (Å²) in [6.07, 6.45) is 8.01. The van der Waals surface area contributed by atoms with Crippen LogP contribution in [0.3, 0.4) is 0 Å². The molecule has 0 saturated heterocycles. The molecule has 0 fully saturated rings. The number of carbonyl (C=O) groups is 1. The van der Waals surface area contributed by atoms with Crippen LogP contribution in [0.4, 0.5) is 0 Å². The molecule has 0 saturated carbocycles. The van der Waals surface area contributed by atoms with Crippen LogP contribution in [0, 0.1) is 0 Å². The second-order valence-corrected chi connectivity index (χ2v) is 14.1. The van der Waals surface area contributed by atoms with Crippen LogP contribution in [0.2, 0.25) is 0 Å². The molecule has 0 atom stereocenters. The summed E-state index contributed by atoms with van der Waals surface area (Å²) in [5.74, 6) is -0.917. The summed E-state index contributed by atoms with van der Waals surface area (Å²) in [6, 6.07) is 6.46. The van der Waals surface area contributed by atoms with Gasteiger partial charge in [-0.2, -0.15) is 25.3 Å². The van der Waals surface area contributed by atoms with Gasteiger partial charge in [0.05, 0.1) is 0 Å². The molecule has 0 aliphatic rings. The maximum Gasteiger partial charge on any atom is 0.311 e. The first-order valence-corrected chi connectivity index (χ1v) is 17.4. The summed E-state index contributed by atoms with van der Waals surface area (Å²) in [4.78, 5) is 10.4. The van der Waals surface area contributed by atoms with E-state index in [2.05, 4.69) is 6.92 Å². The highest BCUT2D eigenvalue weighted by Gasteiger charge is 2.28. The summed E-state index contributed by atoms with van der Waals surface area (Å²) in [7, 11) is -15.0. The van der Waals surface area contributed by atoms with Gasteiger partial charge in [0.1, 0.15) is 20.4 Å². The number of ether oxygens (including phenoxy) is 1. The van der Waals surface area contributed by atoms with Crippen molar-refractivity contribution in [2.45, 2.75) is 79.4 Å². The average molecular weight is 627 g/mol. The highest BCUT2D eigenvalue weighted by molar-refractivity contribution is 7.87. The van der Waals surface area contributed by atoms with E-state index >= 15 is 0 Å². The molecule has 0 aliphatic heterocycles. The zero-order chi connectivity index (χ0) is 30.2. The van der Waals surface area contributed by atoms with Gasteiger partial charge in [0, 0.05) is 44.8 Å². The molecule has 0 aliphatic carbocycles. The molecule has 0 amide bonds. The maximum absolute atomic E-state index is 12.7. The van der Waals surface area contributed by atoms with E-state index in [-0.39, 0.29) is 44.5 Å². The lowest BCUT2D eigenvalue weighted by molar-refractivity contribution is -0.134. The van der Waals surface area contributed by atoms with Crippen LogP contribution >= 0.6 is 0 Å². The molecular formula is C27H30O11S3. The molecule has 4 aromatic rings. The number of carbonyl (C=O) groups excluding carboxylic acids is 1. The second kappa shape index (κ2) is 11.8. The van der Waals surface area contributed by atoms with Crippen LogP contribution < -0.4 is 4.74 Å². The summed E-state index contributed by atoms with van der Waals surface area (Å²) >= 11 is 0. The molecule has 14 heteroatoms. The van der Waals surface area contributed by atoms with E-state index in [4.69, 9.17) is 4.74 Å². The zero-order valence-corrected chi connectivity index (χ0v) is 24.6. The fourth-order valence-electron chi connectivity index (χ4n) is 5.17. The first-order valence-electron chi connectivity index (χ1n) is 13.1. The highest BCUT2D eigenvalue weighted by Crippen LogP contribution is 2.45. The van der Waals surface area contributed by atoms with Gasteiger partial charge in [0.2, 0.25) is 0 Å².